The van der Waals surface area contributed by atoms with Crippen molar-refractivity contribution in [3.8, 4) is 0 Å². The van der Waals surface area contributed by atoms with Gasteiger partial charge >= 0.3 is 0 Å². The van der Waals surface area contributed by atoms with E-state index in [1.165, 1.54) is 0 Å². The number of nitrogens with zero attached hydrogens (tertiary/aromatic N) is 18. The van der Waals surface area contributed by atoms with Crippen LogP contribution in [0.2, 0.25) is 0 Å². The van der Waals surface area contributed by atoms with Crippen molar-refractivity contribution in [3.63, 3.8) is 0 Å². The standard InChI is InChI=1S/C24H35FN18O12/c25-11-12(36-42-30)22(51-9(15(11)46)4-32-38-26)53-19-7(35-41-29)3-6(34-40-28)14(45)21(19)55-24-18(49)20(8(50-24)1-2-44)54-23-13(37-43-31)17(48)16(47)10(52-23)5-33-39-27/h6-24,44-49H,1-5H2/t6?,7?,8-,9-,10+,11+,12?,13?,14+,15-,16-,17-,18-,19-,20-,21-,22-,23-,24+/m1/s1. The predicted octanol–water partition coefficient (Wildman–Crippen LogP) is 0.582. The SMILES string of the molecule is [N-]=[N+]=NC[C@@H]1O[C@H](O[C@H]2[C@@H](O)[C@H](O[C@H]3[C@H](O[C@H]4O[C@H](CN=[N+]=[N-])[C@@H](O)[C@@H](F)C4N=[N+]=[N-])C(N=[N+]=[N-])CC(N=[N+]=[N-])[C@@H]3O)O[C@@H]2CCO)C(N=[N+]=[N-])[C@@H](O)[C@@H]1O. The van der Waals surface area contributed by atoms with Crippen LogP contribution in [0.3, 0.4) is 0 Å². The molecule has 0 spiro atoms. The quantitative estimate of drug-likeness (QED) is 0.0711. The summed E-state index contributed by atoms with van der Waals surface area (Å²) in [5, 5.41) is 84.7. The van der Waals surface area contributed by atoms with E-state index in [1.54, 1.807) is 0 Å². The Morgan fingerprint density at radius 1 is 0.545 bits per heavy atom. The van der Waals surface area contributed by atoms with Gasteiger partial charge in [-0.15, -0.1) is 0 Å². The summed E-state index contributed by atoms with van der Waals surface area (Å²) in [6.07, 6.45) is -27.2. The largest absolute Gasteiger partial charge is 0.396 e. The van der Waals surface area contributed by atoms with Gasteiger partial charge in [0, 0.05) is 36.1 Å². The van der Waals surface area contributed by atoms with Crippen LogP contribution in [0.15, 0.2) is 30.7 Å². The predicted molar refractivity (Wildman–Crippen MR) is 172 cm³/mol. The summed E-state index contributed by atoms with van der Waals surface area (Å²) in [5.74, 6) is 0. The van der Waals surface area contributed by atoms with Gasteiger partial charge in [-0.25, -0.2) is 4.39 Å². The maximum atomic E-state index is 15.4. The van der Waals surface area contributed by atoms with Gasteiger partial charge in [-0.05, 0) is 46.0 Å². The van der Waals surface area contributed by atoms with Gasteiger partial charge in [0.1, 0.15) is 48.8 Å². The molecule has 30 nitrogen and oxygen atoms in total. The van der Waals surface area contributed by atoms with Gasteiger partial charge in [-0.3, -0.25) is 0 Å². The second kappa shape index (κ2) is 20.3. The number of hydrogen-bond acceptors (Lipinski definition) is 18. The molecule has 0 aromatic rings. The first-order chi connectivity index (χ1) is 26.5. The van der Waals surface area contributed by atoms with Crippen molar-refractivity contribution in [2.45, 2.75) is 129 Å². The van der Waals surface area contributed by atoms with Gasteiger partial charge in [0.05, 0.1) is 61.8 Å². The van der Waals surface area contributed by atoms with Gasteiger partial charge in [-0.1, -0.05) is 30.7 Å². The number of halogens is 1. The number of azide groups is 6. The molecule has 0 bridgehead atoms. The summed E-state index contributed by atoms with van der Waals surface area (Å²) < 4.78 is 50.3. The summed E-state index contributed by atoms with van der Waals surface area (Å²) in [5.41, 5.74) is 54.3. The van der Waals surface area contributed by atoms with Gasteiger partial charge in [-0.2, -0.15) is 0 Å². The van der Waals surface area contributed by atoms with E-state index in [0.717, 1.165) is 0 Å². The summed E-state index contributed by atoms with van der Waals surface area (Å²) in [6, 6.07) is -6.38. The fourth-order valence-electron chi connectivity index (χ4n) is 6.58. The third-order valence-corrected chi connectivity index (χ3v) is 9.20. The minimum absolute atomic E-state index is 0.264. The molecule has 19 atom stereocenters. The van der Waals surface area contributed by atoms with Crippen LogP contribution in [0.25, 0.3) is 62.7 Å². The highest BCUT2D eigenvalue weighted by Gasteiger charge is 2.55. The van der Waals surface area contributed by atoms with Crippen molar-refractivity contribution in [1.29, 1.82) is 0 Å². The molecule has 300 valence electrons. The number of hydrogen-bond donors (Lipinski definition) is 6. The zero-order valence-electron chi connectivity index (χ0n) is 28.1. The van der Waals surface area contributed by atoms with Crippen molar-refractivity contribution in [2.75, 3.05) is 19.7 Å². The van der Waals surface area contributed by atoms with Crippen molar-refractivity contribution in [2.24, 2.45) is 30.7 Å². The molecular weight excluding hydrogens is 751 g/mol. The first kappa shape index (κ1) is 43.0. The Kier molecular flexibility index (Phi) is 15.9. The highest BCUT2D eigenvalue weighted by molar-refractivity contribution is 5.05. The molecule has 3 saturated heterocycles. The monoisotopic (exact) mass is 786 g/mol. The van der Waals surface area contributed by atoms with Crippen molar-refractivity contribution < 1.29 is 63.5 Å². The summed E-state index contributed by atoms with van der Waals surface area (Å²) in [4.78, 5) is 15.7. The van der Waals surface area contributed by atoms with E-state index in [1.807, 2.05) is 0 Å². The van der Waals surface area contributed by atoms with E-state index in [2.05, 4.69) is 60.2 Å². The lowest BCUT2D eigenvalue weighted by atomic mass is 9.84. The Bertz CT molecular complexity index is 1620. The van der Waals surface area contributed by atoms with E-state index in [9.17, 15) is 41.7 Å². The first-order valence-corrected chi connectivity index (χ1v) is 16.3. The molecule has 0 radical (unpaired) electrons. The van der Waals surface area contributed by atoms with E-state index in [-0.39, 0.29) is 6.42 Å². The fraction of sp³-hybridized carbons (Fsp3) is 1.00. The highest BCUT2D eigenvalue weighted by Crippen LogP contribution is 2.38. The van der Waals surface area contributed by atoms with Crippen LogP contribution in [0.5, 0.6) is 0 Å². The summed E-state index contributed by atoms with van der Waals surface area (Å²) in [7, 11) is 0. The molecule has 3 heterocycles. The lowest BCUT2D eigenvalue weighted by Gasteiger charge is -2.46. The molecule has 4 fully saturated rings. The molecule has 1 aliphatic carbocycles. The number of ether oxygens (including phenoxy) is 6. The van der Waals surface area contributed by atoms with E-state index >= 15 is 4.39 Å². The van der Waals surface area contributed by atoms with Crippen molar-refractivity contribution in [3.05, 3.63) is 62.7 Å². The fourth-order valence-corrected chi connectivity index (χ4v) is 6.58. The van der Waals surface area contributed by atoms with Gasteiger partial charge in [0.25, 0.3) is 0 Å². The Balaban J connectivity index is 1.68. The Hall–Kier alpha value is -4.69. The lowest BCUT2D eigenvalue weighted by molar-refractivity contribution is -0.302. The smallest absolute Gasteiger partial charge is 0.187 e. The molecule has 31 heteroatoms. The molecule has 1 saturated carbocycles. The van der Waals surface area contributed by atoms with E-state index in [4.69, 9.17) is 50.5 Å². The minimum atomic E-state index is -2.37. The molecule has 0 aromatic heterocycles. The molecule has 3 aliphatic heterocycles. The number of alkyl halides is 1. The van der Waals surface area contributed by atoms with Gasteiger partial charge in [0.15, 0.2) is 18.9 Å². The Labute approximate surface area is 306 Å². The van der Waals surface area contributed by atoms with Crippen LogP contribution >= 0.6 is 0 Å². The third-order valence-electron chi connectivity index (χ3n) is 9.20. The van der Waals surface area contributed by atoms with Crippen LogP contribution < -0.4 is 0 Å². The molecule has 55 heavy (non-hydrogen) atoms. The van der Waals surface area contributed by atoms with Crippen LogP contribution in [0.4, 0.5) is 4.39 Å². The number of aliphatic hydroxyl groups is 6. The summed E-state index contributed by atoms with van der Waals surface area (Å²) in [6.45, 7) is -1.69. The molecule has 6 N–H and O–H groups in total. The van der Waals surface area contributed by atoms with Crippen LogP contribution in [-0.4, -0.2) is 167 Å². The Morgan fingerprint density at radius 3 is 1.64 bits per heavy atom. The lowest BCUT2D eigenvalue weighted by Crippen LogP contribution is -2.62. The molecule has 0 amide bonds. The van der Waals surface area contributed by atoms with Gasteiger partial charge in [0.2, 0.25) is 0 Å². The second-order valence-electron chi connectivity index (χ2n) is 12.3. The Morgan fingerprint density at radius 2 is 1.05 bits per heavy atom. The second-order valence-corrected chi connectivity index (χ2v) is 12.3. The van der Waals surface area contributed by atoms with Crippen LogP contribution in [0.1, 0.15) is 12.8 Å². The normalized spacial score (nSPS) is 42.5. The first-order valence-electron chi connectivity index (χ1n) is 16.3. The molecule has 4 rings (SSSR count). The molecule has 4 aliphatic rings. The van der Waals surface area contributed by atoms with Crippen molar-refractivity contribution >= 4 is 0 Å². The topological polar surface area (TPSA) is 469 Å². The van der Waals surface area contributed by atoms with E-state index in [0.29, 0.717) is 0 Å². The molecular formula is C24H35FN18O12. The number of aliphatic hydroxyl groups excluding tert-OH is 6. The van der Waals surface area contributed by atoms with E-state index < -0.39 is 142 Å². The van der Waals surface area contributed by atoms with Crippen LogP contribution in [-0.2, 0) is 28.4 Å². The molecule has 0 aromatic carbocycles. The third kappa shape index (κ3) is 9.77. The molecule has 4 unspecified atom stereocenters. The average molecular weight is 787 g/mol. The zero-order valence-corrected chi connectivity index (χ0v) is 28.1. The minimum Gasteiger partial charge on any atom is -0.396 e. The number of rotatable bonds is 16. The van der Waals surface area contributed by atoms with Crippen LogP contribution in [0, 0.1) is 0 Å². The zero-order chi connectivity index (χ0) is 40.2. The summed E-state index contributed by atoms with van der Waals surface area (Å²) >= 11 is 0. The average Bonchev–Trinajstić information content (AvgIpc) is 3.45. The van der Waals surface area contributed by atoms with Crippen molar-refractivity contribution in [1.82, 2.24) is 0 Å². The maximum absolute atomic E-state index is 15.4. The van der Waals surface area contributed by atoms with Gasteiger partial charge < -0.3 is 59.1 Å². The maximum Gasteiger partial charge on any atom is 0.187 e. The highest BCUT2D eigenvalue weighted by atomic mass is 19.1.